The summed E-state index contributed by atoms with van der Waals surface area (Å²) < 4.78 is 1.51. The molecule has 36 heavy (non-hydrogen) atoms. The summed E-state index contributed by atoms with van der Waals surface area (Å²) in [5, 5.41) is 10.6. The van der Waals surface area contributed by atoms with Gasteiger partial charge in [0.25, 0.3) is 5.91 Å². The van der Waals surface area contributed by atoms with Crippen molar-refractivity contribution >= 4 is 5.91 Å². The number of nitrogens with zero attached hydrogens (tertiary/aromatic N) is 3. The van der Waals surface area contributed by atoms with Crippen molar-refractivity contribution in [3.05, 3.63) is 63.6 Å². The minimum Gasteiger partial charge on any atom is -0.508 e. The average molecular weight is 486 g/mol. The van der Waals surface area contributed by atoms with E-state index < -0.39 is 0 Å². The summed E-state index contributed by atoms with van der Waals surface area (Å²) in [6, 6.07) is 10.2. The summed E-state index contributed by atoms with van der Waals surface area (Å²) in [6.45, 7) is 3.22. The van der Waals surface area contributed by atoms with Crippen molar-refractivity contribution in [2.75, 3.05) is 19.6 Å². The number of pyridine rings is 1. The Bertz CT molecular complexity index is 1350. The van der Waals surface area contributed by atoms with Crippen molar-refractivity contribution in [3.63, 3.8) is 0 Å². The smallest absolute Gasteiger partial charge is 0.255 e. The summed E-state index contributed by atoms with van der Waals surface area (Å²) in [5.74, 6) is 2.30. The maximum absolute atomic E-state index is 13.8. The number of benzene rings is 1. The average Bonchev–Trinajstić information content (AvgIpc) is 3.56. The standard InChI is InChI=1S/C30H35N3O3/c1-31-16-20(5-7-26(31)35)28(36)33-17-21-14-29-9-8-24(33)27(21)30(29)10-11-32(15-18-2-3-18)25(29)12-19-4-6-22(34)13-23(19)30/h4-7,13,16,18,21,24-25,27,34H,2-3,8-12,14-15,17H2,1H3/t21-,24?,25?,27?,29?,30?/m1/s1. The van der Waals surface area contributed by atoms with Crippen LogP contribution >= 0.6 is 0 Å². The molecule has 3 saturated carbocycles. The number of aryl methyl sites for hydroxylation is 1. The van der Waals surface area contributed by atoms with Crippen LogP contribution in [0.15, 0.2) is 41.3 Å². The number of phenols is 1. The summed E-state index contributed by atoms with van der Waals surface area (Å²) >= 11 is 0. The molecule has 2 aromatic rings. The summed E-state index contributed by atoms with van der Waals surface area (Å²) in [4.78, 5) is 30.8. The molecule has 2 saturated heterocycles. The molecule has 6 nitrogen and oxygen atoms in total. The largest absolute Gasteiger partial charge is 0.508 e. The van der Waals surface area contributed by atoms with Crippen LogP contribution in [-0.2, 0) is 18.9 Å². The van der Waals surface area contributed by atoms with Gasteiger partial charge in [0.1, 0.15) is 5.75 Å². The molecule has 188 valence electrons. The molecule has 6 heteroatoms. The summed E-state index contributed by atoms with van der Waals surface area (Å²) in [6.07, 6.45) is 10.2. The number of hydrogen-bond donors (Lipinski definition) is 1. The Hall–Kier alpha value is -2.60. The molecule has 5 fully saturated rings. The van der Waals surface area contributed by atoms with E-state index >= 15 is 0 Å². The topological polar surface area (TPSA) is 65.8 Å². The van der Waals surface area contributed by atoms with Crippen LogP contribution in [0.4, 0.5) is 0 Å². The summed E-state index contributed by atoms with van der Waals surface area (Å²) in [5.41, 5.74) is 3.67. The number of carbonyl (C=O) groups is 1. The van der Waals surface area contributed by atoms with E-state index in [0.717, 1.165) is 38.3 Å². The van der Waals surface area contributed by atoms with Gasteiger partial charge < -0.3 is 14.6 Å². The lowest BCUT2D eigenvalue weighted by Gasteiger charge is -2.66. The van der Waals surface area contributed by atoms with Crippen LogP contribution in [0.1, 0.15) is 60.0 Å². The monoisotopic (exact) mass is 485 g/mol. The number of piperidine rings is 1. The highest BCUT2D eigenvalue weighted by atomic mass is 16.3. The molecule has 3 heterocycles. The second-order valence-corrected chi connectivity index (χ2v) is 12.8. The van der Waals surface area contributed by atoms with E-state index in [-0.39, 0.29) is 28.3 Å². The fourth-order valence-corrected chi connectivity index (χ4v) is 10.1. The van der Waals surface area contributed by atoms with E-state index in [4.69, 9.17) is 0 Å². The van der Waals surface area contributed by atoms with Crippen LogP contribution in [0, 0.1) is 23.2 Å². The number of phenolic OH excluding ortho intramolecular Hbond substituents is 1. The van der Waals surface area contributed by atoms with Crippen molar-refractivity contribution in [2.24, 2.45) is 30.2 Å². The first kappa shape index (κ1) is 21.5. The molecule has 6 aliphatic rings. The molecule has 1 aromatic heterocycles. The van der Waals surface area contributed by atoms with Gasteiger partial charge in [-0.15, -0.1) is 0 Å². The van der Waals surface area contributed by atoms with Gasteiger partial charge in [-0.3, -0.25) is 14.5 Å². The van der Waals surface area contributed by atoms with Gasteiger partial charge >= 0.3 is 0 Å². The van der Waals surface area contributed by atoms with Gasteiger partial charge in [-0.25, -0.2) is 0 Å². The van der Waals surface area contributed by atoms with E-state index in [2.05, 4.69) is 21.9 Å². The zero-order valence-electron chi connectivity index (χ0n) is 21.0. The van der Waals surface area contributed by atoms with E-state index in [1.165, 1.54) is 54.0 Å². The highest BCUT2D eigenvalue weighted by Crippen LogP contribution is 2.75. The Labute approximate surface area is 211 Å². The molecule has 1 aromatic carbocycles. The van der Waals surface area contributed by atoms with Crippen LogP contribution in [0.5, 0.6) is 5.75 Å². The third kappa shape index (κ3) is 2.56. The zero-order chi connectivity index (χ0) is 24.4. The molecule has 2 aliphatic heterocycles. The van der Waals surface area contributed by atoms with Crippen LogP contribution in [-0.4, -0.2) is 57.1 Å². The molecule has 0 radical (unpaired) electrons. The minimum atomic E-state index is -0.0891. The normalized spacial score (nSPS) is 38.1. The van der Waals surface area contributed by atoms with Gasteiger partial charge in [0.2, 0.25) is 5.56 Å². The fraction of sp³-hybridized carbons (Fsp3) is 0.600. The first-order valence-corrected chi connectivity index (χ1v) is 14.0. The Morgan fingerprint density at radius 1 is 1.14 bits per heavy atom. The highest BCUT2D eigenvalue weighted by Gasteiger charge is 2.76. The second kappa shape index (κ2) is 7.03. The predicted octanol–water partition coefficient (Wildman–Crippen LogP) is 3.31. The molecule has 8 rings (SSSR count). The highest BCUT2D eigenvalue weighted by molar-refractivity contribution is 5.94. The van der Waals surface area contributed by atoms with E-state index in [0.29, 0.717) is 29.2 Å². The number of hydrogen-bond acceptors (Lipinski definition) is 4. The number of rotatable bonds is 3. The maximum Gasteiger partial charge on any atom is 0.255 e. The zero-order valence-corrected chi connectivity index (χ0v) is 21.0. The number of amides is 1. The van der Waals surface area contributed by atoms with Gasteiger partial charge in [-0.2, -0.15) is 0 Å². The Balaban J connectivity index is 1.23. The van der Waals surface area contributed by atoms with Gasteiger partial charge in [0, 0.05) is 49.9 Å². The quantitative estimate of drug-likeness (QED) is 0.725. The van der Waals surface area contributed by atoms with Crippen LogP contribution in [0.3, 0.4) is 0 Å². The van der Waals surface area contributed by atoms with Gasteiger partial charge in [-0.05, 0) is 104 Å². The van der Waals surface area contributed by atoms with Gasteiger partial charge in [0.15, 0.2) is 0 Å². The second-order valence-electron chi connectivity index (χ2n) is 12.8. The van der Waals surface area contributed by atoms with Crippen molar-refractivity contribution in [3.8, 4) is 5.75 Å². The molecule has 5 unspecified atom stereocenters. The van der Waals surface area contributed by atoms with Gasteiger partial charge in [-0.1, -0.05) is 6.07 Å². The molecular formula is C30H35N3O3. The minimum absolute atomic E-state index is 0.0518. The number of fused-ring (bicyclic) bond motifs is 1. The molecule has 4 bridgehead atoms. The fourth-order valence-electron chi connectivity index (χ4n) is 10.1. The number of likely N-dealkylation sites (tertiary alicyclic amines) is 2. The summed E-state index contributed by atoms with van der Waals surface area (Å²) in [7, 11) is 1.72. The number of aromatic hydroxyl groups is 1. The van der Waals surface area contributed by atoms with E-state index in [1.807, 2.05) is 6.07 Å². The molecule has 4 aliphatic carbocycles. The third-order valence-electron chi connectivity index (χ3n) is 11.4. The first-order chi connectivity index (χ1) is 17.4. The Morgan fingerprint density at radius 2 is 2.00 bits per heavy atom. The van der Waals surface area contributed by atoms with Crippen LogP contribution in [0.25, 0.3) is 0 Å². The molecule has 6 atom stereocenters. The van der Waals surface area contributed by atoms with Gasteiger partial charge in [0.05, 0.1) is 5.56 Å². The van der Waals surface area contributed by atoms with Crippen molar-refractivity contribution in [1.29, 1.82) is 0 Å². The van der Waals surface area contributed by atoms with Crippen molar-refractivity contribution < 1.29 is 9.90 Å². The number of carbonyl (C=O) groups excluding carboxylic acids is 1. The molecule has 0 spiro atoms. The predicted molar refractivity (Wildman–Crippen MR) is 136 cm³/mol. The lowest BCUT2D eigenvalue weighted by molar-refractivity contribution is -0.102. The Morgan fingerprint density at radius 3 is 2.81 bits per heavy atom. The SMILES string of the molecule is Cn1cc(C(=O)N2C[C@H]3CC45CCC2C3C42CCN(CC3CC3)C5Cc3ccc(O)cc32)ccc1=O. The Kier molecular flexibility index (Phi) is 4.20. The van der Waals surface area contributed by atoms with E-state index in [1.54, 1.807) is 19.3 Å². The van der Waals surface area contributed by atoms with E-state index in [9.17, 15) is 14.7 Å². The molecular weight excluding hydrogens is 450 g/mol. The number of aromatic nitrogens is 1. The van der Waals surface area contributed by atoms with Crippen molar-refractivity contribution in [2.45, 2.75) is 62.4 Å². The van der Waals surface area contributed by atoms with Crippen LogP contribution in [0.2, 0.25) is 0 Å². The maximum atomic E-state index is 13.8. The third-order valence-corrected chi connectivity index (χ3v) is 11.4. The molecule has 1 N–H and O–H groups in total. The lowest BCUT2D eigenvalue weighted by atomic mass is 9.43. The lowest BCUT2D eigenvalue weighted by Crippen LogP contribution is -2.69. The van der Waals surface area contributed by atoms with Crippen molar-refractivity contribution in [1.82, 2.24) is 14.4 Å². The first-order valence-electron chi connectivity index (χ1n) is 14.0. The van der Waals surface area contributed by atoms with Crippen LogP contribution < -0.4 is 5.56 Å². The molecule has 1 amide bonds.